The number of nitrogens with zero attached hydrogens (tertiary/aromatic N) is 1. The molecule has 2 heterocycles. The zero-order valence-electron chi connectivity index (χ0n) is 10.7. The molecule has 0 radical (unpaired) electrons. The molecule has 3 nitrogen and oxygen atoms in total. The number of hydrogen-bond donors (Lipinski definition) is 2. The molecule has 0 spiro atoms. The van der Waals surface area contributed by atoms with E-state index in [9.17, 15) is 0 Å². The third-order valence-electron chi connectivity index (χ3n) is 3.25. The van der Waals surface area contributed by atoms with Gasteiger partial charge in [-0.1, -0.05) is 0 Å². The summed E-state index contributed by atoms with van der Waals surface area (Å²) in [5.74, 6) is 0.911. The zero-order chi connectivity index (χ0) is 12.9. The van der Waals surface area contributed by atoms with E-state index in [2.05, 4.69) is 42.9 Å². The van der Waals surface area contributed by atoms with Gasteiger partial charge in [-0.25, -0.2) is 4.98 Å². The Labute approximate surface area is 110 Å². The highest BCUT2D eigenvalue weighted by Crippen LogP contribution is 2.33. The van der Waals surface area contributed by atoms with Crippen LogP contribution in [0.3, 0.4) is 0 Å². The second-order valence-corrected chi connectivity index (χ2v) is 5.78. The third kappa shape index (κ3) is 1.69. The number of H-pyrrole nitrogens is 1. The predicted molar refractivity (Wildman–Crippen MR) is 78.0 cm³/mol. The van der Waals surface area contributed by atoms with E-state index in [1.165, 1.54) is 16.7 Å². The summed E-state index contributed by atoms with van der Waals surface area (Å²) >= 11 is 1.58. The molecule has 0 unspecified atom stereocenters. The van der Waals surface area contributed by atoms with Gasteiger partial charge in [0.1, 0.15) is 5.82 Å². The normalized spacial score (nSPS) is 11.3. The fourth-order valence-corrected chi connectivity index (χ4v) is 3.00. The maximum atomic E-state index is 5.84. The zero-order valence-corrected chi connectivity index (χ0v) is 11.5. The second kappa shape index (κ2) is 3.85. The summed E-state index contributed by atoms with van der Waals surface area (Å²) in [6.07, 6.45) is 0. The summed E-state index contributed by atoms with van der Waals surface area (Å²) in [7, 11) is 0. The molecule has 0 amide bonds. The lowest BCUT2D eigenvalue weighted by Gasteiger charge is -1.97. The maximum Gasteiger partial charge on any atom is 0.148 e. The van der Waals surface area contributed by atoms with Crippen LogP contribution < -0.4 is 5.73 Å². The van der Waals surface area contributed by atoms with Gasteiger partial charge < -0.3 is 10.7 Å². The van der Waals surface area contributed by atoms with E-state index in [1.807, 2.05) is 6.07 Å². The molecule has 0 saturated heterocycles. The van der Waals surface area contributed by atoms with Crippen molar-refractivity contribution in [2.24, 2.45) is 0 Å². The van der Waals surface area contributed by atoms with Crippen LogP contribution in [-0.4, -0.2) is 9.97 Å². The molecule has 0 aliphatic rings. The fourth-order valence-electron chi connectivity index (χ4n) is 2.12. The molecule has 0 aliphatic heterocycles. The number of anilines is 1. The maximum absolute atomic E-state index is 5.84. The molecule has 1 aromatic carbocycles. The molecule has 0 fully saturated rings. The van der Waals surface area contributed by atoms with Crippen LogP contribution in [0.25, 0.3) is 21.7 Å². The molecule has 3 aromatic rings. The van der Waals surface area contributed by atoms with Crippen molar-refractivity contribution in [3.63, 3.8) is 0 Å². The van der Waals surface area contributed by atoms with Crippen molar-refractivity contribution >= 4 is 27.4 Å². The van der Waals surface area contributed by atoms with Crippen LogP contribution in [0.4, 0.5) is 5.00 Å². The van der Waals surface area contributed by atoms with Crippen molar-refractivity contribution in [1.29, 1.82) is 0 Å². The Hall–Kier alpha value is -1.81. The van der Waals surface area contributed by atoms with E-state index in [4.69, 9.17) is 5.73 Å². The van der Waals surface area contributed by atoms with Crippen LogP contribution in [0.5, 0.6) is 0 Å². The van der Waals surface area contributed by atoms with Gasteiger partial charge in [0, 0.05) is 0 Å². The first-order valence-corrected chi connectivity index (χ1v) is 6.69. The number of rotatable bonds is 1. The third-order valence-corrected chi connectivity index (χ3v) is 4.32. The highest BCUT2D eigenvalue weighted by atomic mass is 32.1. The molecule has 92 valence electrons. The van der Waals surface area contributed by atoms with Crippen molar-refractivity contribution in [2.45, 2.75) is 20.8 Å². The summed E-state index contributed by atoms with van der Waals surface area (Å²) in [6, 6.07) is 6.26. The minimum atomic E-state index is 0.829. The number of aryl methyl sites for hydroxylation is 3. The first kappa shape index (κ1) is 11.3. The lowest BCUT2D eigenvalue weighted by molar-refractivity contribution is 1.34. The summed E-state index contributed by atoms with van der Waals surface area (Å²) in [6.45, 7) is 6.28. The van der Waals surface area contributed by atoms with Gasteiger partial charge in [0.25, 0.3) is 0 Å². The van der Waals surface area contributed by atoms with Gasteiger partial charge in [-0.2, -0.15) is 0 Å². The van der Waals surface area contributed by atoms with Crippen LogP contribution >= 0.6 is 11.3 Å². The average molecular weight is 257 g/mol. The Bertz CT molecular complexity index is 698. The second-order valence-electron chi connectivity index (χ2n) is 4.70. The van der Waals surface area contributed by atoms with E-state index >= 15 is 0 Å². The number of aromatic amines is 1. The Kier molecular flexibility index (Phi) is 2.41. The molecule has 0 saturated carbocycles. The van der Waals surface area contributed by atoms with Crippen LogP contribution in [0, 0.1) is 20.8 Å². The van der Waals surface area contributed by atoms with Crippen molar-refractivity contribution in [1.82, 2.24) is 9.97 Å². The molecule has 3 rings (SSSR count). The van der Waals surface area contributed by atoms with Crippen LogP contribution in [-0.2, 0) is 0 Å². The number of hydrogen-bond acceptors (Lipinski definition) is 3. The highest BCUT2D eigenvalue weighted by Gasteiger charge is 2.11. The monoisotopic (exact) mass is 257 g/mol. The van der Waals surface area contributed by atoms with Crippen molar-refractivity contribution in [2.75, 3.05) is 5.73 Å². The molecular weight excluding hydrogens is 242 g/mol. The Balaban J connectivity index is 2.22. The van der Waals surface area contributed by atoms with Gasteiger partial charge in [0.05, 0.1) is 20.9 Å². The molecule has 0 aliphatic carbocycles. The molecule has 3 N–H and O–H groups in total. The van der Waals surface area contributed by atoms with Gasteiger partial charge in [0.15, 0.2) is 0 Å². The summed E-state index contributed by atoms with van der Waals surface area (Å²) < 4.78 is 0. The number of aromatic nitrogens is 2. The van der Waals surface area contributed by atoms with E-state index in [0.29, 0.717) is 0 Å². The van der Waals surface area contributed by atoms with Crippen molar-refractivity contribution < 1.29 is 0 Å². The molecule has 2 aromatic heterocycles. The minimum absolute atomic E-state index is 0.829. The number of thiophene rings is 1. The standard InChI is InChI=1S/C14H15N3S/c1-7-4-10-11(5-8(7)2)17-14(16-10)13-9(3)6-12(15)18-13/h4-6H,15H2,1-3H3,(H,16,17). The van der Waals surface area contributed by atoms with E-state index in [0.717, 1.165) is 26.7 Å². The Morgan fingerprint density at radius 2 is 1.78 bits per heavy atom. The van der Waals surface area contributed by atoms with Crippen molar-refractivity contribution in [3.8, 4) is 10.7 Å². The van der Waals surface area contributed by atoms with Crippen LogP contribution in [0.2, 0.25) is 0 Å². The minimum Gasteiger partial charge on any atom is -0.391 e. The Morgan fingerprint density at radius 3 is 2.44 bits per heavy atom. The summed E-state index contributed by atoms with van der Waals surface area (Å²) in [4.78, 5) is 9.16. The number of benzene rings is 1. The molecule has 0 atom stereocenters. The smallest absolute Gasteiger partial charge is 0.148 e. The fraction of sp³-hybridized carbons (Fsp3) is 0.214. The topological polar surface area (TPSA) is 54.7 Å². The summed E-state index contributed by atoms with van der Waals surface area (Å²) in [5, 5.41) is 0.829. The van der Waals surface area contributed by atoms with Gasteiger partial charge in [-0.15, -0.1) is 11.3 Å². The van der Waals surface area contributed by atoms with Gasteiger partial charge in [0.2, 0.25) is 0 Å². The number of fused-ring (bicyclic) bond motifs is 1. The molecule has 4 heteroatoms. The lowest BCUT2D eigenvalue weighted by atomic mass is 10.1. The quantitative estimate of drug-likeness (QED) is 0.696. The van der Waals surface area contributed by atoms with Crippen LogP contribution in [0.15, 0.2) is 18.2 Å². The molecule has 0 bridgehead atoms. The number of nitrogen functional groups attached to an aromatic ring is 1. The van der Waals surface area contributed by atoms with Crippen LogP contribution in [0.1, 0.15) is 16.7 Å². The lowest BCUT2D eigenvalue weighted by Crippen LogP contribution is -1.79. The SMILES string of the molecule is Cc1cc2nc(-c3sc(N)cc3C)[nH]c2cc1C. The van der Waals surface area contributed by atoms with E-state index in [1.54, 1.807) is 11.3 Å². The molecule has 18 heavy (non-hydrogen) atoms. The number of imidazole rings is 1. The van der Waals surface area contributed by atoms with E-state index < -0.39 is 0 Å². The first-order valence-electron chi connectivity index (χ1n) is 5.88. The summed E-state index contributed by atoms with van der Waals surface area (Å²) in [5.41, 5.74) is 11.6. The van der Waals surface area contributed by atoms with Gasteiger partial charge in [-0.3, -0.25) is 0 Å². The number of nitrogens with one attached hydrogen (secondary N) is 1. The van der Waals surface area contributed by atoms with E-state index in [-0.39, 0.29) is 0 Å². The number of nitrogens with two attached hydrogens (primary N) is 1. The average Bonchev–Trinajstić information content (AvgIpc) is 2.82. The van der Waals surface area contributed by atoms with Gasteiger partial charge >= 0.3 is 0 Å². The molecular formula is C14H15N3S. The predicted octanol–water partition coefficient (Wildman–Crippen LogP) is 3.80. The van der Waals surface area contributed by atoms with Crippen molar-refractivity contribution in [3.05, 3.63) is 34.9 Å². The first-order chi connectivity index (χ1) is 8.54. The Morgan fingerprint density at radius 1 is 1.06 bits per heavy atom. The van der Waals surface area contributed by atoms with Gasteiger partial charge in [-0.05, 0) is 55.7 Å². The largest absolute Gasteiger partial charge is 0.391 e. The highest BCUT2D eigenvalue weighted by molar-refractivity contribution is 7.19.